The first kappa shape index (κ1) is 10.6. The second kappa shape index (κ2) is 6.02. The van der Waals surface area contributed by atoms with Crippen molar-refractivity contribution < 1.29 is 9.90 Å². The number of nitrogens with one attached hydrogen (secondary N) is 1. The highest BCUT2D eigenvalue weighted by Gasteiger charge is 2.23. The van der Waals surface area contributed by atoms with Crippen molar-refractivity contribution in [2.45, 2.75) is 19.3 Å². The van der Waals surface area contributed by atoms with Crippen molar-refractivity contribution in [2.75, 3.05) is 0 Å². The van der Waals surface area contributed by atoms with Crippen molar-refractivity contribution in [1.29, 1.82) is 0 Å². The Bertz CT molecular complexity index is 248. The minimum atomic E-state index is -0.619. The van der Waals surface area contributed by atoms with Gasteiger partial charge in [0.25, 0.3) is 0 Å². The van der Waals surface area contributed by atoms with Gasteiger partial charge in [-0.3, -0.25) is 4.79 Å². The maximum Gasteiger partial charge on any atom is 0.306 e. The molecule has 0 atom stereocenters. The molecule has 1 saturated carbocycles. The molecule has 0 spiro atoms. The van der Waals surface area contributed by atoms with Gasteiger partial charge < -0.3 is 10.4 Å². The molecule has 2 rings (SSSR count). The second-order valence-corrected chi connectivity index (χ2v) is 3.24. The van der Waals surface area contributed by atoms with E-state index in [2.05, 4.69) is 5.32 Å². The van der Waals surface area contributed by atoms with Crippen molar-refractivity contribution in [3.8, 4) is 0 Å². The summed E-state index contributed by atoms with van der Waals surface area (Å²) < 4.78 is 0. The summed E-state index contributed by atoms with van der Waals surface area (Å²) in [6, 6.07) is 0. The third-order valence-corrected chi connectivity index (χ3v) is 2.17. The number of allylic oxidation sites excluding steroid dienone is 4. The number of carboxylic acid groups (broad SMARTS) is 1. The van der Waals surface area contributed by atoms with E-state index in [1.54, 1.807) is 0 Å². The summed E-state index contributed by atoms with van der Waals surface area (Å²) in [5, 5.41) is 11.2. The van der Waals surface area contributed by atoms with Gasteiger partial charge in [0.1, 0.15) is 0 Å². The lowest BCUT2D eigenvalue weighted by Crippen LogP contribution is -2.20. The van der Waals surface area contributed by atoms with Crippen LogP contribution in [0.3, 0.4) is 0 Å². The molecule has 0 aromatic heterocycles. The molecule has 1 aliphatic heterocycles. The van der Waals surface area contributed by atoms with E-state index in [1.165, 1.54) is 0 Å². The van der Waals surface area contributed by atoms with E-state index in [1.807, 2.05) is 36.7 Å². The highest BCUT2D eigenvalue weighted by atomic mass is 16.4. The summed E-state index contributed by atoms with van der Waals surface area (Å²) in [6.45, 7) is 0. The molecule has 1 fully saturated rings. The average molecular weight is 193 g/mol. The van der Waals surface area contributed by atoms with Crippen LogP contribution in [-0.4, -0.2) is 11.1 Å². The lowest BCUT2D eigenvalue weighted by Gasteiger charge is -2.19. The maximum absolute atomic E-state index is 9.98. The molecule has 0 aromatic rings. The van der Waals surface area contributed by atoms with Gasteiger partial charge in [-0.2, -0.15) is 0 Å². The average Bonchev–Trinajstić information content (AvgIpc) is 2.30. The standard InChI is InChI=1S/C6H7N.C5H8O2/c1-2-4-6-7-5-3-1;6-5(7)4-2-1-3-4/h1-7H;4H,1-3H2,(H,6,7). The summed E-state index contributed by atoms with van der Waals surface area (Å²) in [6.07, 6.45) is 14.5. The second-order valence-electron chi connectivity index (χ2n) is 3.24. The van der Waals surface area contributed by atoms with Gasteiger partial charge >= 0.3 is 5.97 Å². The molecule has 1 aliphatic carbocycles. The molecular weight excluding hydrogens is 178 g/mol. The number of hydrogen-bond acceptors (Lipinski definition) is 2. The fraction of sp³-hybridized carbons (Fsp3) is 0.364. The summed E-state index contributed by atoms with van der Waals surface area (Å²) in [5.74, 6) is -0.619. The van der Waals surface area contributed by atoms with Crippen LogP contribution >= 0.6 is 0 Å². The summed E-state index contributed by atoms with van der Waals surface area (Å²) in [7, 11) is 0. The number of rotatable bonds is 1. The minimum Gasteiger partial charge on any atom is -0.481 e. The molecule has 0 radical (unpaired) electrons. The Hall–Kier alpha value is -1.51. The van der Waals surface area contributed by atoms with Gasteiger partial charge in [0.2, 0.25) is 0 Å². The number of hydrogen-bond donors (Lipinski definition) is 2. The van der Waals surface area contributed by atoms with Crippen molar-refractivity contribution >= 4 is 5.97 Å². The number of carbonyl (C=O) groups is 1. The quantitative estimate of drug-likeness (QED) is 0.670. The van der Waals surface area contributed by atoms with Crippen LogP contribution in [0.15, 0.2) is 36.7 Å². The molecule has 0 amide bonds. The zero-order chi connectivity index (χ0) is 10.2. The van der Waals surface area contributed by atoms with Gasteiger partial charge in [-0.05, 0) is 25.0 Å². The van der Waals surface area contributed by atoms with Crippen molar-refractivity contribution in [3.63, 3.8) is 0 Å². The lowest BCUT2D eigenvalue weighted by molar-refractivity contribution is -0.144. The molecule has 76 valence electrons. The van der Waals surface area contributed by atoms with Crippen LogP contribution in [0.5, 0.6) is 0 Å². The lowest BCUT2D eigenvalue weighted by atomic mass is 9.86. The Balaban J connectivity index is 0.000000140. The first-order valence-corrected chi connectivity index (χ1v) is 4.78. The van der Waals surface area contributed by atoms with E-state index in [0.717, 1.165) is 19.3 Å². The predicted octanol–water partition coefficient (Wildman–Crippen LogP) is 2.04. The Morgan fingerprint density at radius 1 is 1.14 bits per heavy atom. The van der Waals surface area contributed by atoms with Gasteiger partial charge in [0, 0.05) is 12.4 Å². The van der Waals surface area contributed by atoms with Crippen LogP contribution in [0, 0.1) is 5.92 Å². The number of aliphatic carboxylic acids is 1. The van der Waals surface area contributed by atoms with Crippen LogP contribution in [0.2, 0.25) is 0 Å². The van der Waals surface area contributed by atoms with E-state index < -0.39 is 5.97 Å². The molecule has 2 N–H and O–H groups in total. The van der Waals surface area contributed by atoms with Crippen molar-refractivity contribution in [2.24, 2.45) is 5.92 Å². The Labute approximate surface area is 83.8 Å². The van der Waals surface area contributed by atoms with E-state index in [-0.39, 0.29) is 5.92 Å². The highest BCUT2D eigenvalue weighted by Crippen LogP contribution is 2.25. The van der Waals surface area contributed by atoms with Gasteiger partial charge in [-0.25, -0.2) is 0 Å². The zero-order valence-electron chi connectivity index (χ0n) is 8.02. The molecule has 2 aliphatic rings. The summed E-state index contributed by atoms with van der Waals surface area (Å²) in [5.41, 5.74) is 0. The molecule has 0 unspecified atom stereocenters. The normalized spacial score (nSPS) is 18.6. The third-order valence-electron chi connectivity index (χ3n) is 2.17. The minimum absolute atomic E-state index is 0.000000000000000444. The fourth-order valence-electron chi connectivity index (χ4n) is 1.06. The monoisotopic (exact) mass is 193 g/mol. The highest BCUT2D eigenvalue weighted by molar-refractivity contribution is 5.70. The SMILES string of the molecule is C1=CC=CNC=C1.O=C(O)C1CCC1. The zero-order valence-corrected chi connectivity index (χ0v) is 8.02. The van der Waals surface area contributed by atoms with Crippen molar-refractivity contribution in [3.05, 3.63) is 36.7 Å². The van der Waals surface area contributed by atoms with Gasteiger partial charge in [0.05, 0.1) is 5.92 Å². The molecular formula is C11H15NO2. The molecule has 14 heavy (non-hydrogen) atoms. The van der Waals surface area contributed by atoms with Gasteiger partial charge in [0.15, 0.2) is 0 Å². The molecule has 0 bridgehead atoms. The maximum atomic E-state index is 9.98. The van der Waals surface area contributed by atoms with E-state index in [4.69, 9.17) is 5.11 Å². The van der Waals surface area contributed by atoms with E-state index in [0.29, 0.717) is 0 Å². The molecule has 0 aromatic carbocycles. The Kier molecular flexibility index (Phi) is 4.55. The van der Waals surface area contributed by atoms with Crippen LogP contribution in [0.1, 0.15) is 19.3 Å². The van der Waals surface area contributed by atoms with Crippen LogP contribution in [-0.2, 0) is 4.79 Å². The third kappa shape index (κ3) is 3.94. The fourth-order valence-corrected chi connectivity index (χ4v) is 1.06. The van der Waals surface area contributed by atoms with Crippen LogP contribution in [0.25, 0.3) is 0 Å². The molecule has 0 saturated heterocycles. The Morgan fingerprint density at radius 2 is 1.71 bits per heavy atom. The summed E-state index contributed by atoms with van der Waals surface area (Å²) >= 11 is 0. The molecule has 3 heteroatoms. The van der Waals surface area contributed by atoms with Crippen molar-refractivity contribution in [1.82, 2.24) is 5.32 Å². The predicted molar refractivity (Wildman–Crippen MR) is 55.5 cm³/mol. The Morgan fingerprint density at radius 3 is 2.00 bits per heavy atom. The van der Waals surface area contributed by atoms with Gasteiger partial charge in [-0.15, -0.1) is 0 Å². The van der Waals surface area contributed by atoms with E-state index >= 15 is 0 Å². The smallest absolute Gasteiger partial charge is 0.306 e. The topological polar surface area (TPSA) is 49.3 Å². The largest absolute Gasteiger partial charge is 0.481 e. The summed E-state index contributed by atoms with van der Waals surface area (Å²) in [4.78, 5) is 9.98. The van der Waals surface area contributed by atoms with Crippen LogP contribution in [0.4, 0.5) is 0 Å². The van der Waals surface area contributed by atoms with E-state index in [9.17, 15) is 4.79 Å². The molecule has 3 nitrogen and oxygen atoms in total. The molecule has 1 heterocycles. The van der Waals surface area contributed by atoms with Gasteiger partial charge in [-0.1, -0.05) is 18.6 Å². The van der Waals surface area contributed by atoms with Crippen LogP contribution < -0.4 is 5.32 Å². The first-order chi connectivity index (χ1) is 6.80. The first-order valence-electron chi connectivity index (χ1n) is 4.78. The number of carboxylic acids is 1.